The van der Waals surface area contributed by atoms with E-state index < -0.39 is 41.1 Å². The van der Waals surface area contributed by atoms with Gasteiger partial charge in [0.2, 0.25) is 0 Å². The predicted octanol–water partition coefficient (Wildman–Crippen LogP) is 4.00. The molecule has 0 amide bonds. The predicted molar refractivity (Wildman–Crippen MR) is 122 cm³/mol. The van der Waals surface area contributed by atoms with Gasteiger partial charge in [0.1, 0.15) is 5.56 Å². The molecule has 0 unspecified atom stereocenters. The summed E-state index contributed by atoms with van der Waals surface area (Å²) in [5.41, 5.74) is -2.08. The molecule has 0 fully saturated rings. The molecule has 1 N–H and O–H groups in total. The van der Waals surface area contributed by atoms with Crippen LogP contribution in [0.25, 0.3) is 16.7 Å². The Labute approximate surface area is 196 Å². The first-order valence-corrected chi connectivity index (χ1v) is 10.6. The molecule has 4 aromatic rings. The summed E-state index contributed by atoms with van der Waals surface area (Å²) < 4.78 is 43.6. The van der Waals surface area contributed by atoms with Crippen LogP contribution in [0.2, 0.25) is 0 Å². The molecule has 2 heterocycles. The minimum atomic E-state index is -4.62. The van der Waals surface area contributed by atoms with E-state index in [4.69, 9.17) is 0 Å². The summed E-state index contributed by atoms with van der Waals surface area (Å²) in [4.78, 5) is 42.2. The molecular formula is C24H21F3N4O4. The number of hydrogen-bond acceptors (Lipinski definition) is 4. The molecule has 0 saturated heterocycles. The average Bonchev–Trinajstić information content (AvgIpc) is 3.20. The first kappa shape index (κ1) is 24.0. The van der Waals surface area contributed by atoms with E-state index in [0.717, 1.165) is 22.3 Å². The zero-order valence-corrected chi connectivity index (χ0v) is 19.0. The van der Waals surface area contributed by atoms with Gasteiger partial charge in [0.15, 0.2) is 0 Å². The molecule has 8 nitrogen and oxygen atoms in total. The number of imidazole rings is 1. The third-order valence-electron chi connectivity index (χ3n) is 5.87. The van der Waals surface area contributed by atoms with E-state index in [2.05, 4.69) is 4.98 Å². The van der Waals surface area contributed by atoms with E-state index in [1.54, 1.807) is 24.5 Å². The van der Waals surface area contributed by atoms with Gasteiger partial charge in [0, 0.05) is 12.2 Å². The first-order valence-electron chi connectivity index (χ1n) is 10.6. The molecule has 0 aliphatic carbocycles. The highest BCUT2D eigenvalue weighted by Gasteiger charge is 2.33. The number of hydrogen-bond donors (Lipinski definition) is 1. The van der Waals surface area contributed by atoms with Crippen molar-refractivity contribution in [1.29, 1.82) is 0 Å². The standard InChI is InChI=1S/C24H21F3N4O4/c1-13(2)31-12-28-19-9-16(7-8-20(19)31)29-11-17(22(33)34)21(32)30(23(29)35)10-15-5-4-6-18(14(15)3)24(25,26)27/h4-9,11-13H,10H2,1-3H3,(H,33,34). The van der Waals surface area contributed by atoms with Crippen LogP contribution in [0, 0.1) is 6.92 Å². The summed E-state index contributed by atoms with van der Waals surface area (Å²) in [6.45, 7) is 4.66. The van der Waals surface area contributed by atoms with Gasteiger partial charge in [-0.2, -0.15) is 13.2 Å². The van der Waals surface area contributed by atoms with Crippen LogP contribution < -0.4 is 11.2 Å². The molecule has 35 heavy (non-hydrogen) atoms. The molecule has 0 spiro atoms. The summed E-state index contributed by atoms with van der Waals surface area (Å²) in [5.74, 6) is -1.57. The van der Waals surface area contributed by atoms with E-state index >= 15 is 0 Å². The largest absolute Gasteiger partial charge is 0.477 e. The number of benzene rings is 2. The van der Waals surface area contributed by atoms with Crippen LogP contribution in [-0.4, -0.2) is 29.8 Å². The summed E-state index contributed by atoms with van der Waals surface area (Å²) in [6.07, 6.45) is -2.06. The highest BCUT2D eigenvalue weighted by molar-refractivity contribution is 5.87. The van der Waals surface area contributed by atoms with E-state index in [1.807, 2.05) is 18.4 Å². The minimum Gasteiger partial charge on any atom is -0.477 e. The summed E-state index contributed by atoms with van der Waals surface area (Å²) in [5, 5.41) is 9.57. The van der Waals surface area contributed by atoms with Crippen LogP contribution in [0.3, 0.4) is 0 Å². The van der Waals surface area contributed by atoms with Crippen LogP contribution in [0.1, 0.15) is 46.9 Å². The molecule has 4 rings (SSSR count). The molecule has 11 heteroatoms. The highest BCUT2D eigenvalue weighted by Crippen LogP contribution is 2.33. The first-order chi connectivity index (χ1) is 16.4. The van der Waals surface area contributed by atoms with Crippen LogP contribution in [0.4, 0.5) is 13.2 Å². The molecule has 0 radical (unpaired) electrons. The normalized spacial score (nSPS) is 12.0. The minimum absolute atomic E-state index is 0.0687. The van der Waals surface area contributed by atoms with E-state index in [-0.39, 0.29) is 22.9 Å². The number of carbonyl (C=O) groups is 1. The van der Waals surface area contributed by atoms with Crippen molar-refractivity contribution in [2.45, 2.75) is 39.5 Å². The molecule has 0 atom stereocenters. The van der Waals surface area contributed by atoms with Gasteiger partial charge in [0.25, 0.3) is 5.56 Å². The van der Waals surface area contributed by atoms with Gasteiger partial charge in [-0.3, -0.25) is 13.9 Å². The molecule has 0 saturated carbocycles. The van der Waals surface area contributed by atoms with Crippen molar-refractivity contribution in [3.05, 3.63) is 92.0 Å². The van der Waals surface area contributed by atoms with Gasteiger partial charge in [0.05, 0.1) is 35.2 Å². The fourth-order valence-electron chi connectivity index (χ4n) is 3.99. The maximum atomic E-state index is 13.3. The molecule has 0 bridgehead atoms. The van der Waals surface area contributed by atoms with Crippen molar-refractivity contribution >= 4 is 17.0 Å². The van der Waals surface area contributed by atoms with Gasteiger partial charge in [-0.1, -0.05) is 12.1 Å². The van der Waals surface area contributed by atoms with Gasteiger partial charge in [-0.05, 0) is 56.2 Å². The van der Waals surface area contributed by atoms with Crippen molar-refractivity contribution in [2.75, 3.05) is 0 Å². The number of fused-ring (bicyclic) bond motifs is 1. The Morgan fingerprint density at radius 1 is 1.14 bits per heavy atom. The number of alkyl halides is 3. The number of nitrogens with zero attached hydrogens (tertiary/aromatic N) is 4. The van der Waals surface area contributed by atoms with Crippen molar-refractivity contribution in [3.8, 4) is 5.69 Å². The van der Waals surface area contributed by atoms with Crippen molar-refractivity contribution in [2.24, 2.45) is 0 Å². The second kappa shape index (κ2) is 8.57. The zero-order chi connectivity index (χ0) is 25.7. The highest BCUT2D eigenvalue weighted by atomic mass is 19.4. The quantitative estimate of drug-likeness (QED) is 0.460. The lowest BCUT2D eigenvalue weighted by atomic mass is 10.0. The number of aromatic carboxylic acids is 1. The fourth-order valence-corrected chi connectivity index (χ4v) is 3.99. The van der Waals surface area contributed by atoms with E-state index in [1.165, 1.54) is 19.1 Å². The maximum Gasteiger partial charge on any atom is 0.416 e. The molecule has 2 aromatic carbocycles. The summed E-state index contributed by atoms with van der Waals surface area (Å²) in [6, 6.07) is 8.44. The van der Waals surface area contributed by atoms with E-state index in [9.17, 15) is 32.7 Å². The Morgan fingerprint density at radius 3 is 2.49 bits per heavy atom. The smallest absolute Gasteiger partial charge is 0.416 e. The van der Waals surface area contributed by atoms with Crippen LogP contribution in [0.15, 0.2) is 58.5 Å². The number of carboxylic acids is 1. The number of halogens is 3. The fraction of sp³-hybridized carbons (Fsp3) is 0.250. The third-order valence-corrected chi connectivity index (χ3v) is 5.87. The van der Waals surface area contributed by atoms with E-state index in [0.29, 0.717) is 10.1 Å². The van der Waals surface area contributed by atoms with Crippen molar-refractivity contribution in [3.63, 3.8) is 0 Å². The Balaban J connectivity index is 1.91. The molecule has 0 aliphatic rings. The zero-order valence-electron chi connectivity index (χ0n) is 19.0. The summed E-state index contributed by atoms with van der Waals surface area (Å²) in [7, 11) is 0. The van der Waals surface area contributed by atoms with Crippen molar-refractivity contribution in [1.82, 2.24) is 18.7 Å². The number of rotatable bonds is 5. The average molecular weight is 486 g/mol. The van der Waals surface area contributed by atoms with Gasteiger partial charge < -0.3 is 9.67 Å². The summed E-state index contributed by atoms with van der Waals surface area (Å²) >= 11 is 0. The van der Waals surface area contributed by atoms with Crippen LogP contribution in [0.5, 0.6) is 0 Å². The number of aromatic nitrogens is 4. The van der Waals surface area contributed by atoms with Crippen LogP contribution in [-0.2, 0) is 12.7 Å². The topological polar surface area (TPSA) is 99.1 Å². The SMILES string of the molecule is Cc1c(Cn2c(=O)c(C(=O)O)cn(-c3ccc4c(c3)ncn4C(C)C)c2=O)cccc1C(F)(F)F. The monoisotopic (exact) mass is 486 g/mol. The molecule has 182 valence electrons. The lowest BCUT2D eigenvalue weighted by Crippen LogP contribution is -2.42. The van der Waals surface area contributed by atoms with Crippen molar-refractivity contribution < 1.29 is 23.1 Å². The Hall–Kier alpha value is -4.15. The number of carboxylic acid groups (broad SMARTS) is 1. The second-order valence-corrected chi connectivity index (χ2v) is 8.40. The third kappa shape index (κ3) is 4.25. The molecule has 2 aromatic heterocycles. The lowest BCUT2D eigenvalue weighted by molar-refractivity contribution is -0.138. The lowest BCUT2D eigenvalue weighted by Gasteiger charge is -2.16. The Bertz CT molecular complexity index is 1580. The van der Waals surface area contributed by atoms with Gasteiger partial charge in [-0.25, -0.2) is 14.6 Å². The Kier molecular flexibility index (Phi) is 5.87. The van der Waals surface area contributed by atoms with Crippen LogP contribution >= 0.6 is 0 Å². The van der Waals surface area contributed by atoms with Gasteiger partial charge >= 0.3 is 17.8 Å². The molecule has 0 aliphatic heterocycles. The maximum absolute atomic E-state index is 13.3. The Morgan fingerprint density at radius 2 is 1.86 bits per heavy atom. The molecular weight excluding hydrogens is 465 g/mol. The van der Waals surface area contributed by atoms with Gasteiger partial charge in [-0.15, -0.1) is 0 Å². The second-order valence-electron chi connectivity index (χ2n) is 8.40.